The van der Waals surface area contributed by atoms with Crippen molar-refractivity contribution in [2.24, 2.45) is 0 Å². The summed E-state index contributed by atoms with van der Waals surface area (Å²) >= 11 is 1.31. The van der Waals surface area contributed by atoms with Gasteiger partial charge >= 0.3 is 12.4 Å². The number of thioether (sulfide) groups is 1. The van der Waals surface area contributed by atoms with Crippen LogP contribution in [0.3, 0.4) is 0 Å². The van der Waals surface area contributed by atoms with Gasteiger partial charge in [0.05, 0.1) is 23.4 Å². The molecule has 0 unspecified atom stereocenters. The molecule has 0 saturated carbocycles. The van der Waals surface area contributed by atoms with Gasteiger partial charge in [0.25, 0.3) is 11.8 Å². The molecule has 3 aromatic rings. The van der Waals surface area contributed by atoms with Crippen LogP contribution in [0, 0.1) is 6.92 Å². The van der Waals surface area contributed by atoms with Gasteiger partial charge in [0.15, 0.2) is 5.69 Å². The van der Waals surface area contributed by atoms with Gasteiger partial charge in [-0.2, -0.15) is 31.4 Å². The molecule has 12 heteroatoms. The lowest BCUT2D eigenvalue weighted by molar-refractivity contribution is -0.144. The third-order valence-corrected chi connectivity index (χ3v) is 6.07. The van der Waals surface area contributed by atoms with Crippen molar-refractivity contribution in [3.05, 3.63) is 76.1 Å². The Labute approximate surface area is 193 Å². The Kier molecular flexibility index (Phi) is 5.75. The normalized spacial score (nSPS) is 14.2. The van der Waals surface area contributed by atoms with E-state index in [4.69, 9.17) is 0 Å². The van der Waals surface area contributed by atoms with E-state index in [1.807, 2.05) is 0 Å². The minimum absolute atomic E-state index is 0.0384. The number of halogens is 6. The second kappa shape index (κ2) is 8.19. The Morgan fingerprint density at radius 2 is 1.65 bits per heavy atom. The number of nitrogens with zero attached hydrogens (tertiary/aromatic N) is 3. The number of aryl methyl sites for hydroxylation is 1. The summed E-state index contributed by atoms with van der Waals surface area (Å²) in [6.07, 6.45) is -8.31. The van der Waals surface area contributed by atoms with Crippen molar-refractivity contribution < 1.29 is 35.9 Å². The average molecular weight is 499 g/mol. The van der Waals surface area contributed by atoms with E-state index in [2.05, 4.69) is 5.10 Å². The van der Waals surface area contributed by atoms with E-state index in [1.54, 1.807) is 25.3 Å². The average Bonchev–Trinajstić information content (AvgIpc) is 3.29. The fourth-order valence-corrected chi connectivity index (χ4v) is 4.40. The molecule has 5 nitrogen and oxygen atoms in total. The first kappa shape index (κ1) is 23.9. The molecule has 1 aliphatic rings. The third kappa shape index (κ3) is 4.06. The summed E-state index contributed by atoms with van der Waals surface area (Å²) in [5, 5.41) is 3.09. The van der Waals surface area contributed by atoms with Crippen molar-refractivity contribution in [1.29, 1.82) is 0 Å². The van der Waals surface area contributed by atoms with E-state index >= 15 is 0 Å². The minimum Gasteiger partial charge on any atom is -0.268 e. The summed E-state index contributed by atoms with van der Waals surface area (Å²) < 4.78 is 78.8. The van der Waals surface area contributed by atoms with Crippen molar-refractivity contribution in [2.45, 2.75) is 30.7 Å². The molecule has 1 aliphatic heterocycles. The van der Waals surface area contributed by atoms with Crippen molar-refractivity contribution in [3.8, 4) is 0 Å². The standard InChI is InChI=1S/C22H15F6N3O2S/c1-11-8-12(10-30-17(22(26,27)28)9-16(29-30)21(23,24)25)6-7-14(11)31-19(32)13-4-3-5-15(34-2)18(13)20(31)33/h3-9H,10H2,1-2H3. The van der Waals surface area contributed by atoms with Gasteiger partial charge in [-0.05, 0) is 42.5 Å². The second-order valence-corrected chi connectivity index (χ2v) is 8.37. The first-order chi connectivity index (χ1) is 15.8. The summed E-state index contributed by atoms with van der Waals surface area (Å²) in [5.74, 6) is -1.06. The molecule has 0 fully saturated rings. The van der Waals surface area contributed by atoms with Crippen LogP contribution in [0.5, 0.6) is 0 Å². The van der Waals surface area contributed by atoms with E-state index in [9.17, 15) is 35.9 Å². The molecule has 0 spiro atoms. The lowest BCUT2D eigenvalue weighted by Gasteiger charge is -2.18. The largest absolute Gasteiger partial charge is 0.435 e. The number of alkyl halides is 6. The molecule has 0 aliphatic carbocycles. The number of imide groups is 1. The quantitative estimate of drug-likeness (QED) is 0.259. The molecule has 2 aromatic carbocycles. The summed E-state index contributed by atoms with van der Waals surface area (Å²) in [5.41, 5.74) is -1.84. The maximum Gasteiger partial charge on any atom is 0.435 e. The third-order valence-electron chi connectivity index (χ3n) is 5.29. The van der Waals surface area contributed by atoms with Gasteiger partial charge in [0.1, 0.15) is 5.69 Å². The number of hydrogen-bond acceptors (Lipinski definition) is 4. The van der Waals surface area contributed by atoms with Crippen LogP contribution in [0.4, 0.5) is 32.0 Å². The molecule has 0 atom stereocenters. The van der Waals surface area contributed by atoms with Crippen LogP contribution < -0.4 is 4.90 Å². The molecule has 0 N–H and O–H groups in total. The lowest BCUT2D eigenvalue weighted by Crippen LogP contribution is -2.30. The number of rotatable bonds is 4. The number of anilines is 1. The number of carbonyl (C=O) groups is 2. The molecule has 1 aromatic heterocycles. The van der Waals surface area contributed by atoms with Crippen LogP contribution in [0.15, 0.2) is 47.4 Å². The van der Waals surface area contributed by atoms with Crippen LogP contribution in [0.25, 0.3) is 0 Å². The zero-order valence-corrected chi connectivity index (χ0v) is 18.4. The summed E-state index contributed by atoms with van der Waals surface area (Å²) in [4.78, 5) is 27.5. The fraction of sp³-hybridized carbons (Fsp3) is 0.227. The van der Waals surface area contributed by atoms with Gasteiger partial charge in [-0.1, -0.05) is 18.2 Å². The van der Waals surface area contributed by atoms with Crippen molar-refractivity contribution >= 4 is 29.3 Å². The Morgan fingerprint density at radius 3 is 2.24 bits per heavy atom. The van der Waals surface area contributed by atoms with Crippen LogP contribution in [0.1, 0.15) is 43.2 Å². The number of carbonyl (C=O) groups excluding carboxylic acids is 2. The van der Waals surface area contributed by atoms with Gasteiger partial charge in [-0.3, -0.25) is 14.3 Å². The first-order valence-corrected chi connectivity index (χ1v) is 10.9. The van der Waals surface area contributed by atoms with Gasteiger partial charge in [0.2, 0.25) is 0 Å². The number of fused-ring (bicyclic) bond motifs is 1. The predicted octanol–water partition coefficient (Wildman–Crippen LogP) is 5.80. The number of hydrogen-bond donors (Lipinski definition) is 0. The van der Waals surface area contributed by atoms with Gasteiger partial charge < -0.3 is 0 Å². The van der Waals surface area contributed by atoms with E-state index < -0.39 is 42.1 Å². The minimum atomic E-state index is -5.04. The SMILES string of the molecule is CSc1cccc2c1C(=O)N(c1ccc(Cn3nc(C(F)(F)F)cc3C(F)(F)F)cc1C)C2=O. The van der Waals surface area contributed by atoms with Gasteiger partial charge in [-0.15, -0.1) is 11.8 Å². The highest BCUT2D eigenvalue weighted by Gasteiger charge is 2.42. The molecule has 0 saturated heterocycles. The van der Waals surface area contributed by atoms with Gasteiger partial charge in [-0.25, -0.2) is 4.90 Å². The summed E-state index contributed by atoms with van der Waals surface area (Å²) in [7, 11) is 0. The van der Waals surface area contributed by atoms with E-state index in [-0.39, 0.29) is 33.1 Å². The molecule has 0 bridgehead atoms. The van der Waals surface area contributed by atoms with E-state index in [0.717, 1.165) is 4.90 Å². The highest BCUT2D eigenvalue weighted by molar-refractivity contribution is 7.98. The Hall–Kier alpha value is -3.28. The molecular formula is C22H15F6N3O2S. The van der Waals surface area contributed by atoms with Crippen LogP contribution in [-0.2, 0) is 18.9 Å². The number of benzene rings is 2. The molecule has 0 radical (unpaired) electrons. The highest BCUT2D eigenvalue weighted by Crippen LogP contribution is 2.37. The maximum atomic E-state index is 13.3. The fourth-order valence-electron chi connectivity index (χ4n) is 3.79. The Bertz CT molecular complexity index is 1310. The molecular weight excluding hydrogens is 484 g/mol. The Balaban J connectivity index is 1.68. The van der Waals surface area contributed by atoms with Crippen molar-refractivity contribution in [1.82, 2.24) is 9.78 Å². The predicted molar refractivity (Wildman–Crippen MR) is 112 cm³/mol. The Morgan fingerprint density at radius 1 is 0.941 bits per heavy atom. The first-order valence-electron chi connectivity index (χ1n) is 9.70. The monoisotopic (exact) mass is 499 g/mol. The van der Waals surface area contributed by atoms with E-state index in [0.29, 0.717) is 10.5 Å². The second-order valence-electron chi connectivity index (χ2n) is 7.52. The number of aromatic nitrogens is 2. The topological polar surface area (TPSA) is 55.2 Å². The van der Waals surface area contributed by atoms with Gasteiger partial charge in [0, 0.05) is 11.0 Å². The van der Waals surface area contributed by atoms with Crippen LogP contribution in [0.2, 0.25) is 0 Å². The molecule has 4 rings (SSSR count). The summed E-state index contributed by atoms with van der Waals surface area (Å²) in [6.45, 7) is 0.956. The van der Waals surface area contributed by atoms with Crippen LogP contribution >= 0.6 is 11.8 Å². The van der Waals surface area contributed by atoms with Crippen molar-refractivity contribution in [2.75, 3.05) is 11.2 Å². The molecule has 178 valence electrons. The molecule has 34 heavy (non-hydrogen) atoms. The van der Waals surface area contributed by atoms with E-state index in [1.165, 1.54) is 36.0 Å². The zero-order valence-electron chi connectivity index (χ0n) is 17.6. The molecule has 2 amide bonds. The maximum absolute atomic E-state index is 13.3. The zero-order chi connectivity index (χ0) is 25.0. The molecule has 2 heterocycles. The smallest absolute Gasteiger partial charge is 0.268 e. The summed E-state index contributed by atoms with van der Waals surface area (Å²) in [6, 6.07) is 9.00. The van der Waals surface area contributed by atoms with Crippen LogP contribution in [-0.4, -0.2) is 27.9 Å². The number of amides is 2. The van der Waals surface area contributed by atoms with Crippen molar-refractivity contribution in [3.63, 3.8) is 0 Å². The lowest BCUT2D eigenvalue weighted by atomic mass is 10.1. The highest BCUT2D eigenvalue weighted by atomic mass is 32.2.